The second-order valence-corrected chi connectivity index (χ2v) is 6.82. The predicted octanol–water partition coefficient (Wildman–Crippen LogP) is 3.42. The topological polar surface area (TPSA) is 79.5 Å². The van der Waals surface area contributed by atoms with Crippen molar-refractivity contribution in [2.24, 2.45) is 0 Å². The second kappa shape index (κ2) is 7.80. The van der Waals surface area contributed by atoms with Crippen LogP contribution in [0.4, 0.5) is 5.95 Å². The van der Waals surface area contributed by atoms with E-state index in [1.54, 1.807) is 11.8 Å². The smallest absolute Gasteiger partial charge is 0.235 e. The Hall–Kier alpha value is -2.51. The number of hydrogen-bond donors (Lipinski definition) is 1. The number of anilines is 1. The summed E-state index contributed by atoms with van der Waals surface area (Å²) in [7, 11) is 0. The fourth-order valence-electron chi connectivity index (χ4n) is 2.77. The van der Waals surface area contributed by atoms with E-state index in [0.717, 1.165) is 23.5 Å². The molecule has 1 fully saturated rings. The van der Waals surface area contributed by atoms with Gasteiger partial charge in [0, 0.05) is 12.2 Å². The Morgan fingerprint density at radius 3 is 2.73 bits per heavy atom. The van der Waals surface area contributed by atoms with E-state index in [2.05, 4.69) is 9.97 Å². The first-order valence-corrected chi connectivity index (χ1v) is 9.48. The summed E-state index contributed by atoms with van der Waals surface area (Å²) in [5.74, 6) is 2.51. The van der Waals surface area contributed by atoms with Crippen LogP contribution < -0.4 is 15.2 Å². The maximum absolute atomic E-state index is 6.09. The molecule has 7 heteroatoms. The number of thioether (sulfide) groups is 1. The van der Waals surface area contributed by atoms with Crippen LogP contribution in [-0.2, 0) is 4.74 Å². The molecule has 26 heavy (non-hydrogen) atoms. The van der Waals surface area contributed by atoms with E-state index >= 15 is 0 Å². The van der Waals surface area contributed by atoms with Crippen molar-refractivity contribution in [3.05, 3.63) is 53.7 Å². The first-order valence-electron chi connectivity index (χ1n) is 8.43. The summed E-state index contributed by atoms with van der Waals surface area (Å²) in [6, 6.07) is 9.81. The fraction of sp³-hybridized carbons (Fsp3) is 0.263. The average molecular weight is 369 g/mol. The van der Waals surface area contributed by atoms with E-state index in [1.807, 2.05) is 47.9 Å². The molecule has 6 nitrogen and oxygen atoms in total. The number of nitrogen functional groups attached to an aromatic ring is 1. The van der Waals surface area contributed by atoms with Gasteiger partial charge in [-0.2, -0.15) is 9.97 Å². The lowest BCUT2D eigenvalue weighted by atomic mass is 10.1. The van der Waals surface area contributed by atoms with E-state index in [1.165, 1.54) is 0 Å². The van der Waals surface area contributed by atoms with Gasteiger partial charge in [-0.25, -0.2) is 0 Å². The molecule has 2 aliphatic rings. The van der Waals surface area contributed by atoms with Crippen molar-refractivity contribution >= 4 is 17.7 Å². The second-order valence-electron chi connectivity index (χ2n) is 5.88. The van der Waals surface area contributed by atoms with Crippen LogP contribution in [0.3, 0.4) is 0 Å². The number of rotatable bonds is 5. The number of benzene rings is 1. The minimum atomic E-state index is -0.0511. The van der Waals surface area contributed by atoms with Crippen LogP contribution in [0.25, 0.3) is 11.1 Å². The van der Waals surface area contributed by atoms with Crippen molar-refractivity contribution in [2.75, 3.05) is 24.7 Å². The molecule has 4 rings (SSSR count). The number of aromatic nitrogens is 2. The van der Waals surface area contributed by atoms with E-state index in [-0.39, 0.29) is 12.1 Å². The standard InChI is InChI=1S/C19H19N3O3S/c20-19-21-17(24-14-7-10-26-11-8-14)16(13-4-2-1-3-5-13)18(22-19)25-15-6-9-23-12-15/h1-5,7-8,10,15H,6,9,11-12H2,(H2,20,21,22)/t15-/m1/s1. The van der Waals surface area contributed by atoms with Crippen molar-refractivity contribution in [2.45, 2.75) is 12.5 Å². The van der Waals surface area contributed by atoms with Crippen LogP contribution >= 0.6 is 11.8 Å². The summed E-state index contributed by atoms with van der Waals surface area (Å²) in [4.78, 5) is 8.66. The van der Waals surface area contributed by atoms with Gasteiger partial charge < -0.3 is 19.9 Å². The van der Waals surface area contributed by atoms with Gasteiger partial charge in [-0.05, 0) is 23.1 Å². The lowest BCUT2D eigenvalue weighted by molar-refractivity contribution is 0.138. The molecule has 0 aliphatic carbocycles. The van der Waals surface area contributed by atoms with Gasteiger partial charge in [0.2, 0.25) is 17.7 Å². The number of hydrogen-bond acceptors (Lipinski definition) is 7. The van der Waals surface area contributed by atoms with Gasteiger partial charge in [0.05, 0.1) is 13.2 Å². The van der Waals surface area contributed by atoms with Crippen LogP contribution in [-0.4, -0.2) is 35.0 Å². The maximum Gasteiger partial charge on any atom is 0.235 e. The molecule has 2 aromatic rings. The lowest BCUT2D eigenvalue weighted by Gasteiger charge is -2.18. The molecule has 2 aliphatic heterocycles. The minimum absolute atomic E-state index is 0.0511. The largest absolute Gasteiger partial charge is 0.471 e. The highest BCUT2D eigenvalue weighted by atomic mass is 32.2. The molecule has 2 N–H and O–H groups in total. The highest BCUT2D eigenvalue weighted by molar-refractivity contribution is 8.02. The predicted molar refractivity (Wildman–Crippen MR) is 102 cm³/mol. The summed E-state index contributed by atoms with van der Waals surface area (Å²) >= 11 is 1.70. The summed E-state index contributed by atoms with van der Waals surface area (Å²) in [6.07, 6.45) is 4.68. The third-order valence-corrected chi connectivity index (χ3v) is 4.70. The van der Waals surface area contributed by atoms with Crippen LogP contribution in [0, 0.1) is 0 Å². The zero-order chi connectivity index (χ0) is 17.8. The molecule has 1 aromatic heterocycles. The Kier molecular flexibility index (Phi) is 5.08. The molecule has 134 valence electrons. The third-order valence-electron chi connectivity index (χ3n) is 4.01. The first kappa shape index (κ1) is 16.9. The Bertz CT molecular complexity index is 833. The van der Waals surface area contributed by atoms with Crippen molar-refractivity contribution in [1.82, 2.24) is 9.97 Å². The Labute approximate surface area is 156 Å². The van der Waals surface area contributed by atoms with Crippen molar-refractivity contribution in [1.29, 1.82) is 0 Å². The van der Waals surface area contributed by atoms with Gasteiger partial charge in [-0.15, -0.1) is 11.8 Å². The van der Waals surface area contributed by atoms with Crippen LogP contribution in [0.15, 0.2) is 53.7 Å². The lowest BCUT2D eigenvalue weighted by Crippen LogP contribution is -2.18. The van der Waals surface area contributed by atoms with Gasteiger partial charge in [0.1, 0.15) is 17.4 Å². The summed E-state index contributed by atoms with van der Waals surface area (Å²) in [5, 5.41) is 2.00. The molecule has 0 saturated carbocycles. The molecule has 0 spiro atoms. The summed E-state index contributed by atoms with van der Waals surface area (Å²) in [5.41, 5.74) is 7.53. The fourth-order valence-corrected chi connectivity index (χ4v) is 3.37. The summed E-state index contributed by atoms with van der Waals surface area (Å²) < 4.78 is 17.5. The minimum Gasteiger partial charge on any atom is -0.471 e. The van der Waals surface area contributed by atoms with Crippen LogP contribution in [0.5, 0.6) is 11.8 Å². The summed E-state index contributed by atoms with van der Waals surface area (Å²) in [6.45, 7) is 1.23. The van der Waals surface area contributed by atoms with E-state index < -0.39 is 0 Å². The number of nitrogens with two attached hydrogens (primary N) is 1. The third kappa shape index (κ3) is 3.84. The number of allylic oxidation sites excluding steroid dienone is 1. The van der Waals surface area contributed by atoms with Gasteiger partial charge in [0.15, 0.2) is 0 Å². The number of ether oxygens (including phenoxy) is 3. The molecule has 1 atom stereocenters. The van der Waals surface area contributed by atoms with Gasteiger partial charge in [-0.1, -0.05) is 30.3 Å². The maximum atomic E-state index is 6.09. The SMILES string of the molecule is Nc1nc(OC2=CCSC=C2)c(-c2ccccc2)c(O[C@@H]2CCOC2)n1. The highest BCUT2D eigenvalue weighted by Gasteiger charge is 2.24. The van der Waals surface area contributed by atoms with E-state index in [9.17, 15) is 0 Å². The first-order chi connectivity index (χ1) is 12.8. The van der Waals surface area contributed by atoms with Crippen molar-refractivity contribution < 1.29 is 14.2 Å². The number of nitrogens with zero attached hydrogens (tertiary/aromatic N) is 2. The Morgan fingerprint density at radius 2 is 2.00 bits per heavy atom. The molecule has 0 bridgehead atoms. The Balaban J connectivity index is 1.76. The Morgan fingerprint density at radius 1 is 1.15 bits per heavy atom. The van der Waals surface area contributed by atoms with E-state index in [0.29, 0.717) is 30.5 Å². The molecular formula is C19H19N3O3S. The zero-order valence-corrected chi connectivity index (χ0v) is 14.9. The van der Waals surface area contributed by atoms with Crippen LogP contribution in [0.2, 0.25) is 0 Å². The quantitative estimate of drug-likeness (QED) is 0.865. The average Bonchev–Trinajstić information content (AvgIpc) is 3.16. The van der Waals surface area contributed by atoms with Gasteiger partial charge in [-0.3, -0.25) is 0 Å². The normalized spacial score (nSPS) is 19.2. The van der Waals surface area contributed by atoms with Gasteiger partial charge in [0.25, 0.3) is 0 Å². The molecule has 0 unspecified atom stereocenters. The van der Waals surface area contributed by atoms with Crippen molar-refractivity contribution in [3.63, 3.8) is 0 Å². The molecule has 0 amide bonds. The van der Waals surface area contributed by atoms with Crippen LogP contribution in [0.1, 0.15) is 6.42 Å². The molecule has 1 aromatic carbocycles. The monoisotopic (exact) mass is 369 g/mol. The molecular weight excluding hydrogens is 350 g/mol. The molecule has 3 heterocycles. The highest BCUT2D eigenvalue weighted by Crippen LogP contribution is 2.38. The van der Waals surface area contributed by atoms with E-state index in [4.69, 9.17) is 19.9 Å². The van der Waals surface area contributed by atoms with Gasteiger partial charge >= 0.3 is 0 Å². The molecule has 1 saturated heterocycles. The molecule has 0 radical (unpaired) electrons. The zero-order valence-electron chi connectivity index (χ0n) is 14.1. The van der Waals surface area contributed by atoms with Crippen molar-refractivity contribution in [3.8, 4) is 22.9 Å².